The predicted octanol–water partition coefficient (Wildman–Crippen LogP) is 3.81. The Labute approximate surface area is 178 Å². The molecule has 1 heterocycles. The number of aryl methyl sites for hydroxylation is 2. The van der Waals surface area contributed by atoms with E-state index in [9.17, 15) is 13.2 Å². The van der Waals surface area contributed by atoms with Gasteiger partial charge in [-0.2, -0.15) is 4.31 Å². The summed E-state index contributed by atoms with van der Waals surface area (Å²) >= 11 is 0. The number of benzene rings is 2. The van der Waals surface area contributed by atoms with Crippen molar-refractivity contribution >= 4 is 26.8 Å². The second kappa shape index (κ2) is 8.53. The zero-order valence-electron chi connectivity index (χ0n) is 17.9. The molecular formula is C23H27N3O3S. The highest BCUT2D eigenvalue weighted by molar-refractivity contribution is 7.89. The number of aromatic nitrogens is 1. The van der Waals surface area contributed by atoms with Gasteiger partial charge in [-0.15, -0.1) is 0 Å². The number of carbonyl (C=O) groups is 1. The molecule has 0 bridgehead atoms. The van der Waals surface area contributed by atoms with Crippen LogP contribution in [0.4, 0.5) is 0 Å². The average molecular weight is 426 g/mol. The maximum absolute atomic E-state index is 12.8. The van der Waals surface area contributed by atoms with Crippen LogP contribution in [0.1, 0.15) is 41.0 Å². The second-order valence-corrected chi connectivity index (χ2v) is 9.77. The summed E-state index contributed by atoms with van der Waals surface area (Å²) < 4.78 is 26.5. The first-order valence-corrected chi connectivity index (χ1v) is 11.3. The van der Waals surface area contributed by atoms with Gasteiger partial charge in [0.2, 0.25) is 10.0 Å². The summed E-state index contributed by atoms with van der Waals surface area (Å²) in [6, 6.07) is 14.1. The minimum Gasteiger partial charge on any atom is -0.348 e. The molecule has 6 nitrogen and oxygen atoms in total. The Kier molecular flexibility index (Phi) is 6.24. The minimum absolute atomic E-state index is 0.128. The van der Waals surface area contributed by atoms with Crippen molar-refractivity contribution in [2.75, 3.05) is 7.05 Å². The molecule has 0 aliphatic rings. The lowest BCUT2D eigenvalue weighted by Gasteiger charge is -2.21. The van der Waals surface area contributed by atoms with Gasteiger partial charge in [0.25, 0.3) is 5.91 Å². The fraction of sp³-hybridized carbons (Fsp3) is 0.304. The summed E-state index contributed by atoms with van der Waals surface area (Å²) in [5.74, 6) is -0.188. The third kappa shape index (κ3) is 4.52. The fourth-order valence-electron chi connectivity index (χ4n) is 3.16. The van der Waals surface area contributed by atoms with Crippen molar-refractivity contribution in [2.45, 2.75) is 45.2 Å². The number of carbonyl (C=O) groups excluding carboxylic acids is 1. The van der Waals surface area contributed by atoms with E-state index >= 15 is 0 Å². The minimum atomic E-state index is -3.52. The van der Waals surface area contributed by atoms with Crippen molar-refractivity contribution in [2.24, 2.45) is 0 Å². The normalized spacial score (nSPS) is 12.0. The third-order valence-corrected chi connectivity index (χ3v) is 7.17. The summed E-state index contributed by atoms with van der Waals surface area (Å²) in [5.41, 5.74) is 4.03. The molecule has 0 saturated carbocycles. The Morgan fingerprint density at radius 2 is 1.73 bits per heavy atom. The maximum Gasteiger partial charge on any atom is 0.252 e. The van der Waals surface area contributed by atoms with E-state index in [0.29, 0.717) is 12.1 Å². The van der Waals surface area contributed by atoms with Crippen molar-refractivity contribution in [3.05, 3.63) is 70.9 Å². The molecule has 1 amide bonds. The van der Waals surface area contributed by atoms with Crippen LogP contribution in [0.15, 0.2) is 53.4 Å². The monoisotopic (exact) mass is 425 g/mol. The molecule has 0 aliphatic heterocycles. The van der Waals surface area contributed by atoms with Crippen LogP contribution >= 0.6 is 0 Å². The zero-order valence-corrected chi connectivity index (χ0v) is 18.7. The molecule has 2 aromatic carbocycles. The summed E-state index contributed by atoms with van der Waals surface area (Å²) in [6.07, 6.45) is 0. The number of nitrogens with one attached hydrogen (secondary N) is 1. The molecule has 1 N–H and O–H groups in total. The molecule has 158 valence electrons. The number of amides is 1. The van der Waals surface area contributed by atoms with Crippen LogP contribution < -0.4 is 5.32 Å². The number of rotatable bonds is 6. The summed E-state index contributed by atoms with van der Waals surface area (Å²) in [6.45, 7) is 7.80. The largest absolute Gasteiger partial charge is 0.348 e. The van der Waals surface area contributed by atoms with Gasteiger partial charge in [-0.05, 0) is 63.6 Å². The van der Waals surface area contributed by atoms with Gasteiger partial charge in [0.05, 0.1) is 16.0 Å². The highest BCUT2D eigenvalue weighted by Crippen LogP contribution is 2.21. The van der Waals surface area contributed by atoms with Gasteiger partial charge >= 0.3 is 0 Å². The van der Waals surface area contributed by atoms with E-state index in [2.05, 4.69) is 10.3 Å². The van der Waals surface area contributed by atoms with Crippen LogP contribution in [-0.2, 0) is 16.6 Å². The Balaban J connectivity index is 1.77. The summed E-state index contributed by atoms with van der Waals surface area (Å²) in [7, 11) is -1.96. The first-order valence-electron chi connectivity index (χ1n) is 9.83. The molecule has 30 heavy (non-hydrogen) atoms. The predicted molar refractivity (Wildman–Crippen MR) is 119 cm³/mol. The van der Waals surface area contributed by atoms with Crippen molar-refractivity contribution in [1.29, 1.82) is 0 Å². The molecular weight excluding hydrogens is 398 g/mol. The first-order chi connectivity index (χ1) is 14.1. The van der Waals surface area contributed by atoms with Crippen molar-refractivity contribution in [3.63, 3.8) is 0 Å². The molecule has 1 aromatic heterocycles. The standard InChI is InChI=1S/C23H27N3O3S/c1-15(2)26(5)30(28,29)19-9-7-18(8-10-19)14-24-23(27)21-13-17(4)25-22-11-6-16(3)12-20(21)22/h6-13,15H,14H2,1-5H3,(H,24,27). The third-order valence-electron chi connectivity index (χ3n) is 5.12. The Morgan fingerprint density at radius 3 is 2.37 bits per heavy atom. The maximum atomic E-state index is 12.8. The van der Waals surface area contributed by atoms with E-state index in [1.54, 1.807) is 37.4 Å². The van der Waals surface area contributed by atoms with Gasteiger partial charge in [-0.25, -0.2) is 8.42 Å². The number of sulfonamides is 1. The van der Waals surface area contributed by atoms with Crippen LogP contribution in [0.2, 0.25) is 0 Å². The fourth-order valence-corrected chi connectivity index (χ4v) is 4.53. The van der Waals surface area contributed by atoms with E-state index in [-0.39, 0.29) is 16.8 Å². The van der Waals surface area contributed by atoms with Gasteiger partial charge in [0.15, 0.2) is 0 Å². The van der Waals surface area contributed by atoms with E-state index in [1.807, 2.05) is 45.9 Å². The van der Waals surface area contributed by atoms with E-state index in [0.717, 1.165) is 27.7 Å². The van der Waals surface area contributed by atoms with Crippen LogP contribution in [-0.4, -0.2) is 36.7 Å². The lowest BCUT2D eigenvalue weighted by molar-refractivity contribution is 0.0952. The zero-order chi connectivity index (χ0) is 22.1. The first kappa shape index (κ1) is 21.9. The number of pyridine rings is 1. The van der Waals surface area contributed by atoms with Crippen LogP contribution in [0.25, 0.3) is 10.9 Å². The van der Waals surface area contributed by atoms with E-state index < -0.39 is 10.0 Å². The molecule has 0 aliphatic carbocycles. The molecule has 0 spiro atoms. The molecule has 3 rings (SSSR count). The summed E-state index contributed by atoms with van der Waals surface area (Å²) in [5, 5.41) is 3.74. The van der Waals surface area contributed by atoms with E-state index in [1.165, 1.54) is 4.31 Å². The lowest BCUT2D eigenvalue weighted by Crippen LogP contribution is -2.33. The van der Waals surface area contributed by atoms with Gasteiger partial charge in [0, 0.05) is 30.7 Å². The van der Waals surface area contributed by atoms with Crippen LogP contribution in [0.5, 0.6) is 0 Å². The lowest BCUT2D eigenvalue weighted by atomic mass is 10.0. The molecule has 0 unspecified atom stereocenters. The van der Waals surface area contributed by atoms with Crippen molar-refractivity contribution < 1.29 is 13.2 Å². The van der Waals surface area contributed by atoms with Crippen molar-refractivity contribution in [3.8, 4) is 0 Å². The molecule has 0 atom stereocenters. The molecule has 7 heteroatoms. The van der Waals surface area contributed by atoms with Gasteiger partial charge < -0.3 is 5.32 Å². The second-order valence-electron chi connectivity index (χ2n) is 7.77. The average Bonchev–Trinajstić information content (AvgIpc) is 2.71. The molecule has 3 aromatic rings. The molecule has 0 fully saturated rings. The number of hydrogen-bond acceptors (Lipinski definition) is 4. The van der Waals surface area contributed by atoms with Crippen molar-refractivity contribution in [1.82, 2.24) is 14.6 Å². The van der Waals surface area contributed by atoms with Gasteiger partial charge in [-0.1, -0.05) is 23.8 Å². The van der Waals surface area contributed by atoms with E-state index in [4.69, 9.17) is 0 Å². The van der Waals surface area contributed by atoms with Gasteiger partial charge in [0.1, 0.15) is 0 Å². The Hall–Kier alpha value is -2.77. The molecule has 0 radical (unpaired) electrons. The number of nitrogens with zero attached hydrogens (tertiary/aromatic N) is 2. The Bertz CT molecular complexity index is 1190. The van der Waals surface area contributed by atoms with Crippen LogP contribution in [0, 0.1) is 13.8 Å². The molecule has 0 saturated heterocycles. The smallest absolute Gasteiger partial charge is 0.252 e. The SMILES string of the molecule is Cc1ccc2nc(C)cc(C(=O)NCc3ccc(S(=O)(=O)N(C)C(C)C)cc3)c2c1. The van der Waals surface area contributed by atoms with Gasteiger partial charge in [-0.3, -0.25) is 9.78 Å². The topological polar surface area (TPSA) is 79.4 Å². The highest BCUT2D eigenvalue weighted by atomic mass is 32.2. The Morgan fingerprint density at radius 1 is 1.07 bits per heavy atom. The quantitative estimate of drug-likeness (QED) is 0.651. The highest BCUT2D eigenvalue weighted by Gasteiger charge is 2.22. The van der Waals surface area contributed by atoms with Crippen LogP contribution in [0.3, 0.4) is 0 Å². The number of hydrogen-bond donors (Lipinski definition) is 1. The summed E-state index contributed by atoms with van der Waals surface area (Å²) in [4.78, 5) is 17.6. The number of fused-ring (bicyclic) bond motifs is 1.